The minimum atomic E-state index is -1.69. The molecule has 5 aromatic rings. The molecule has 0 aliphatic heterocycles. The minimum Gasteiger partial charge on any atom is -0.436 e. The molecule has 334 valence electrons. The van der Waals surface area contributed by atoms with Crippen LogP contribution in [0.5, 0.6) is 0 Å². The molecule has 64 heavy (non-hydrogen) atoms. The van der Waals surface area contributed by atoms with Gasteiger partial charge >= 0.3 is 12.2 Å². The van der Waals surface area contributed by atoms with Crippen LogP contribution in [0, 0.1) is 0 Å². The Bertz CT molecular complexity index is 2410. The number of Topliss-reactive ketones (excluding diaryl/α,β-unsaturated/α-hetero) is 4. The molecule has 0 bridgehead atoms. The topological polar surface area (TPSA) is 214 Å². The zero-order valence-electron chi connectivity index (χ0n) is 37.1. The second kappa shape index (κ2) is 18.2. The zero-order valence-corrected chi connectivity index (χ0v) is 37.1. The molecule has 0 fully saturated rings. The van der Waals surface area contributed by atoms with E-state index in [1.807, 2.05) is 0 Å². The summed E-state index contributed by atoms with van der Waals surface area (Å²) in [6, 6.07) is 30.4. The van der Waals surface area contributed by atoms with Gasteiger partial charge in [-0.05, 0) is 96.8 Å². The van der Waals surface area contributed by atoms with Gasteiger partial charge in [-0.25, -0.2) is 4.79 Å². The predicted molar refractivity (Wildman–Crippen MR) is 240 cm³/mol. The van der Waals surface area contributed by atoms with Gasteiger partial charge in [-0.3, -0.25) is 24.5 Å². The first kappa shape index (κ1) is 48.4. The Balaban J connectivity index is 1.59. The van der Waals surface area contributed by atoms with E-state index >= 15 is 0 Å². The number of nitrogens with zero attached hydrogens (tertiary/aromatic N) is 1. The number of hydrogen-bond donors (Lipinski definition) is 5. The number of hydrogen-bond acceptors (Lipinski definition) is 12. The van der Waals surface area contributed by atoms with Crippen molar-refractivity contribution in [1.29, 1.82) is 0 Å². The van der Waals surface area contributed by atoms with Crippen molar-refractivity contribution in [2.45, 2.75) is 83.9 Å². The average Bonchev–Trinajstić information content (AvgIpc) is 3.24. The van der Waals surface area contributed by atoms with Gasteiger partial charge in [0.1, 0.15) is 22.4 Å². The molecular weight excluding hydrogens is 821 g/mol. The lowest BCUT2D eigenvalue weighted by Crippen LogP contribution is -2.45. The largest absolute Gasteiger partial charge is 0.531 e. The Morgan fingerprint density at radius 1 is 0.484 bits per heavy atom. The molecule has 2 amide bonds. The SMILES string of the molecule is COC(=O)[N+](c1ccc(C(=O)C(C)(C)O)cc1)(c1ccc(C(=O)C(C)(C)O)cc1)c1cccc(NC(=O)OC(c2ccc(C(=O)C(C)(C)O)cc2)c2ccc(C(=O)C(C)(C)O)cc2)c1. The molecule has 0 spiro atoms. The van der Waals surface area contributed by atoms with Crippen LogP contribution >= 0.6 is 0 Å². The molecule has 5 N–H and O–H groups in total. The fourth-order valence-corrected chi connectivity index (χ4v) is 6.98. The average molecular weight is 874 g/mol. The van der Waals surface area contributed by atoms with Crippen LogP contribution in [-0.4, -0.2) is 85.3 Å². The molecule has 0 atom stereocenters. The standard InChI is InChI=1S/C50H52N2O12/c1-47(2,59)41(53)32-17-13-30(14-18-32)40(31-15-19-33(20-16-31)42(54)48(3,4)60)64-45(57)51-36-11-10-12-39(29-36)52(46(58)63-9,37-25-21-34(22-26-37)43(55)49(5,6)61)38-27-23-35(24-28-38)44(56)50(7,8)62/h10-29,40,59-62H,1-9H3/p+1. The van der Waals surface area contributed by atoms with Gasteiger partial charge in [0.15, 0.2) is 46.3 Å². The van der Waals surface area contributed by atoms with E-state index in [0.29, 0.717) is 11.1 Å². The number of methoxy groups -OCH3 is 1. The third kappa shape index (κ3) is 10.4. The van der Waals surface area contributed by atoms with E-state index < -0.39 is 68.3 Å². The number of ether oxygens (including phenoxy) is 2. The highest BCUT2D eigenvalue weighted by molar-refractivity contribution is 6.05. The summed E-state index contributed by atoms with van der Waals surface area (Å²) < 4.78 is 10.7. The van der Waals surface area contributed by atoms with Crippen LogP contribution in [0.15, 0.2) is 121 Å². The molecule has 14 nitrogen and oxygen atoms in total. The Kier molecular flexibility index (Phi) is 13.7. The fourth-order valence-electron chi connectivity index (χ4n) is 6.98. The minimum absolute atomic E-state index is 0.160. The van der Waals surface area contributed by atoms with Crippen LogP contribution in [0.25, 0.3) is 0 Å². The summed E-state index contributed by atoms with van der Waals surface area (Å²) in [6.45, 7) is 10.9. The van der Waals surface area contributed by atoms with Crippen molar-refractivity contribution in [3.63, 3.8) is 0 Å². The van der Waals surface area contributed by atoms with Gasteiger partial charge < -0.3 is 29.9 Å². The number of benzene rings is 5. The van der Waals surface area contributed by atoms with E-state index in [1.165, 1.54) is 141 Å². The predicted octanol–water partition coefficient (Wildman–Crippen LogP) is 8.58. The van der Waals surface area contributed by atoms with Crippen LogP contribution in [0.3, 0.4) is 0 Å². The number of amides is 2. The van der Waals surface area contributed by atoms with Gasteiger partial charge in [-0.1, -0.05) is 54.6 Å². The number of carbonyl (C=O) groups excluding carboxylic acids is 6. The van der Waals surface area contributed by atoms with Gasteiger partial charge in [0.25, 0.3) is 0 Å². The number of anilines is 1. The second-order valence-electron chi connectivity index (χ2n) is 17.5. The molecule has 5 aromatic carbocycles. The quantitative estimate of drug-likeness (QED) is 0.0494. The van der Waals surface area contributed by atoms with Crippen molar-refractivity contribution >= 4 is 58.1 Å². The number of nitrogens with one attached hydrogen (secondary N) is 1. The highest BCUT2D eigenvalue weighted by atomic mass is 16.6. The maximum atomic E-state index is 14.4. The van der Waals surface area contributed by atoms with Gasteiger partial charge in [0.05, 0.1) is 7.11 Å². The molecule has 0 unspecified atom stereocenters. The van der Waals surface area contributed by atoms with Crippen LogP contribution < -0.4 is 9.80 Å². The van der Waals surface area contributed by atoms with Crippen LogP contribution in [0.4, 0.5) is 32.3 Å². The third-order valence-electron chi connectivity index (χ3n) is 10.4. The van der Waals surface area contributed by atoms with Crippen molar-refractivity contribution in [3.8, 4) is 0 Å². The molecule has 14 heteroatoms. The molecule has 0 aliphatic carbocycles. The Morgan fingerprint density at radius 2 is 0.812 bits per heavy atom. The lowest BCUT2D eigenvalue weighted by Gasteiger charge is -2.33. The normalized spacial score (nSPS) is 12.3. The van der Waals surface area contributed by atoms with Crippen molar-refractivity contribution in [2.75, 3.05) is 12.4 Å². The molecule has 5 rings (SSSR count). The smallest absolute Gasteiger partial charge is 0.436 e. The number of carbonyl (C=O) groups is 6. The lowest BCUT2D eigenvalue weighted by molar-refractivity contribution is 0.0487. The van der Waals surface area contributed by atoms with Crippen molar-refractivity contribution in [2.24, 2.45) is 0 Å². The summed E-state index contributed by atoms with van der Waals surface area (Å²) in [7, 11) is 1.19. The van der Waals surface area contributed by atoms with Crippen LogP contribution in [-0.2, 0) is 9.47 Å². The fraction of sp³-hybridized carbons (Fsp3) is 0.280. The van der Waals surface area contributed by atoms with E-state index in [0.717, 1.165) is 0 Å². The first-order chi connectivity index (χ1) is 29.7. The maximum Gasteiger partial charge on any atom is 0.531 e. The number of quaternary nitrogens is 1. The van der Waals surface area contributed by atoms with E-state index in [1.54, 1.807) is 42.5 Å². The second-order valence-corrected chi connectivity index (χ2v) is 17.5. The molecule has 0 aromatic heterocycles. The molecule has 0 heterocycles. The molecule has 0 saturated carbocycles. The Labute approximate surface area is 371 Å². The zero-order chi connectivity index (χ0) is 47.6. The molecule has 0 aliphatic rings. The Hall–Kier alpha value is -6.68. The van der Waals surface area contributed by atoms with Gasteiger partial charge in [0.2, 0.25) is 0 Å². The number of ketones is 4. The van der Waals surface area contributed by atoms with Crippen molar-refractivity contribution in [1.82, 2.24) is 4.48 Å². The van der Waals surface area contributed by atoms with Gasteiger partial charge in [-0.15, -0.1) is 4.48 Å². The number of aliphatic hydroxyl groups is 4. The molecular formula is C50H53N2O12+. The lowest BCUT2D eigenvalue weighted by atomic mass is 9.92. The van der Waals surface area contributed by atoms with Crippen LogP contribution in [0.2, 0.25) is 0 Å². The summed E-state index contributed by atoms with van der Waals surface area (Å²) >= 11 is 0. The van der Waals surface area contributed by atoms with Gasteiger partial charge in [0, 0.05) is 64.3 Å². The van der Waals surface area contributed by atoms with Crippen molar-refractivity contribution < 1.29 is 58.7 Å². The third-order valence-corrected chi connectivity index (χ3v) is 10.4. The summed E-state index contributed by atoms with van der Waals surface area (Å²) in [5.74, 6) is -2.18. The van der Waals surface area contributed by atoms with Crippen LogP contribution in [0.1, 0.15) is 114 Å². The monoisotopic (exact) mass is 873 g/mol. The van der Waals surface area contributed by atoms with Gasteiger partial charge in [-0.2, -0.15) is 4.79 Å². The highest BCUT2D eigenvalue weighted by Crippen LogP contribution is 2.46. The van der Waals surface area contributed by atoms with E-state index in [4.69, 9.17) is 9.47 Å². The first-order valence-electron chi connectivity index (χ1n) is 20.2. The highest BCUT2D eigenvalue weighted by Gasteiger charge is 2.47. The Morgan fingerprint density at radius 3 is 1.12 bits per heavy atom. The summed E-state index contributed by atoms with van der Waals surface area (Å²) in [6.07, 6.45) is -2.89. The van der Waals surface area contributed by atoms with Crippen molar-refractivity contribution in [3.05, 3.63) is 155 Å². The first-order valence-corrected chi connectivity index (χ1v) is 20.2. The summed E-state index contributed by atoms with van der Waals surface area (Å²) in [5.41, 5.74) is -4.14. The maximum absolute atomic E-state index is 14.4. The van der Waals surface area contributed by atoms with E-state index in [9.17, 15) is 49.2 Å². The summed E-state index contributed by atoms with van der Waals surface area (Å²) in [5, 5.41) is 44.2. The summed E-state index contributed by atoms with van der Waals surface area (Å²) in [4.78, 5) is 79.9. The van der Waals surface area contributed by atoms with E-state index in [2.05, 4.69) is 5.32 Å². The van der Waals surface area contributed by atoms with E-state index in [-0.39, 0.29) is 45.0 Å². The molecule has 0 radical (unpaired) electrons. The number of rotatable bonds is 15. The molecule has 0 saturated heterocycles.